The largest absolute Gasteiger partial charge is 0.464 e. The fourth-order valence-electron chi connectivity index (χ4n) is 5.01. The van der Waals surface area contributed by atoms with E-state index in [1.54, 1.807) is 36.5 Å². The summed E-state index contributed by atoms with van der Waals surface area (Å²) in [7, 11) is 0. The summed E-state index contributed by atoms with van der Waals surface area (Å²) in [5, 5.41) is 32.9. The van der Waals surface area contributed by atoms with Gasteiger partial charge in [-0.3, -0.25) is 14.9 Å². The number of rotatable bonds is 6. The maximum atomic E-state index is 12.8. The molecule has 0 bridgehead atoms. The van der Waals surface area contributed by atoms with E-state index in [9.17, 15) is 24.8 Å². The van der Waals surface area contributed by atoms with E-state index >= 15 is 0 Å². The summed E-state index contributed by atoms with van der Waals surface area (Å²) in [6.45, 7) is 0.714. The second kappa shape index (κ2) is 10.7. The van der Waals surface area contributed by atoms with E-state index in [1.165, 1.54) is 24.3 Å². The molecular weight excluding hydrogens is 528 g/mol. The Morgan fingerprint density at radius 3 is 2.39 bits per heavy atom. The quantitative estimate of drug-likeness (QED) is 0.195. The SMILES string of the molecule is O=C(O)N(c1ccc(-c2cc(-c3ccc4c(cnn4C4CCCCO4)c3)c(=O)[nH]n2)cc1)c1ccc([N+](=O)[O-])cc1. The predicted molar refractivity (Wildman–Crippen MR) is 151 cm³/mol. The van der Waals surface area contributed by atoms with Gasteiger partial charge in [-0.15, -0.1) is 0 Å². The summed E-state index contributed by atoms with van der Waals surface area (Å²) < 4.78 is 7.77. The number of aromatic amines is 1. The number of anilines is 2. The number of fused-ring (bicyclic) bond motifs is 1. The van der Waals surface area contributed by atoms with Crippen LogP contribution in [0, 0.1) is 10.1 Å². The standard InChI is InChI=1S/C29H24N6O6/c36-28-24(19-6-13-26-20(15-19)17-30-34(26)27-3-1-2-14-41-27)16-25(31-32-28)18-4-7-21(8-5-18)33(29(37)38)22-9-11-23(12-10-22)35(39)40/h4-13,15-17,27H,1-3,14H2,(H,32,36)(H,37,38). The van der Waals surface area contributed by atoms with Crippen LogP contribution in [0.25, 0.3) is 33.3 Å². The van der Waals surface area contributed by atoms with Crippen molar-refractivity contribution in [2.45, 2.75) is 25.5 Å². The van der Waals surface area contributed by atoms with Gasteiger partial charge in [0.05, 0.1) is 39.3 Å². The zero-order valence-corrected chi connectivity index (χ0v) is 21.6. The molecule has 1 atom stereocenters. The molecule has 2 N–H and O–H groups in total. The average molecular weight is 553 g/mol. The highest BCUT2D eigenvalue weighted by Crippen LogP contribution is 2.31. The van der Waals surface area contributed by atoms with Crippen LogP contribution in [-0.4, -0.2) is 42.7 Å². The third kappa shape index (κ3) is 5.03. The van der Waals surface area contributed by atoms with Gasteiger partial charge in [0.2, 0.25) is 0 Å². The van der Waals surface area contributed by atoms with Crippen LogP contribution in [0.15, 0.2) is 83.8 Å². The molecule has 12 heteroatoms. The van der Waals surface area contributed by atoms with Crippen LogP contribution in [0.2, 0.25) is 0 Å². The Morgan fingerprint density at radius 1 is 1.02 bits per heavy atom. The average Bonchev–Trinajstić information content (AvgIpc) is 3.42. The summed E-state index contributed by atoms with van der Waals surface area (Å²) in [6.07, 6.45) is 3.47. The van der Waals surface area contributed by atoms with Crippen molar-refractivity contribution in [2.24, 2.45) is 0 Å². The number of aromatic nitrogens is 4. The second-order valence-electron chi connectivity index (χ2n) is 9.62. The third-order valence-corrected chi connectivity index (χ3v) is 7.07. The molecule has 0 radical (unpaired) electrons. The lowest BCUT2D eigenvalue weighted by Gasteiger charge is -2.23. The Kier molecular flexibility index (Phi) is 6.73. The van der Waals surface area contributed by atoms with Crippen LogP contribution in [-0.2, 0) is 4.74 Å². The van der Waals surface area contributed by atoms with Gasteiger partial charge in [-0.1, -0.05) is 18.2 Å². The van der Waals surface area contributed by atoms with Crippen molar-refractivity contribution in [3.8, 4) is 22.4 Å². The van der Waals surface area contributed by atoms with Crippen molar-refractivity contribution < 1.29 is 19.6 Å². The van der Waals surface area contributed by atoms with E-state index in [0.29, 0.717) is 34.7 Å². The first-order chi connectivity index (χ1) is 19.9. The number of carbonyl (C=O) groups is 1. The highest BCUT2D eigenvalue weighted by atomic mass is 16.6. The Bertz CT molecular complexity index is 1810. The third-order valence-electron chi connectivity index (χ3n) is 7.07. The first-order valence-corrected chi connectivity index (χ1v) is 13.0. The van der Waals surface area contributed by atoms with Gasteiger partial charge in [0.25, 0.3) is 11.2 Å². The Labute approximate surface area is 232 Å². The summed E-state index contributed by atoms with van der Waals surface area (Å²) in [5.41, 5.74) is 3.33. The molecular formula is C29H24N6O6. The Balaban J connectivity index is 1.29. The van der Waals surface area contributed by atoms with Gasteiger partial charge in [-0.2, -0.15) is 10.2 Å². The van der Waals surface area contributed by atoms with Crippen molar-refractivity contribution in [1.29, 1.82) is 0 Å². The molecule has 3 aromatic carbocycles. The highest BCUT2D eigenvalue weighted by molar-refractivity contribution is 5.95. The van der Waals surface area contributed by atoms with Gasteiger partial charge >= 0.3 is 6.09 Å². The molecule has 6 rings (SSSR count). The minimum Gasteiger partial charge on any atom is -0.464 e. The van der Waals surface area contributed by atoms with Crippen molar-refractivity contribution in [3.63, 3.8) is 0 Å². The first-order valence-electron chi connectivity index (χ1n) is 13.0. The summed E-state index contributed by atoms with van der Waals surface area (Å²) in [6, 6.07) is 19.2. The van der Waals surface area contributed by atoms with E-state index < -0.39 is 11.0 Å². The minimum absolute atomic E-state index is 0.0940. The minimum atomic E-state index is -1.25. The maximum Gasteiger partial charge on any atom is 0.416 e. The molecule has 1 aliphatic rings. The summed E-state index contributed by atoms with van der Waals surface area (Å²) >= 11 is 0. The Morgan fingerprint density at radius 2 is 1.73 bits per heavy atom. The molecule has 0 saturated carbocycles. The molecule has 1 aliphatic heterocycles. The molecule has 0 spiro atoms. The summed E-state index contributed by atoms with van der Waals surface area (Å²) in [5.74, 6) is 0. The number of hydrogen-bond acceptors (Lipinski definition) is 7. The lowest BCUT2D eigenvalue weighted by Crippen LogP contribution is -2.23. The van der Waals surface area contributed by atoms with Gasteiger partial charge in [0.1, 0.15) is 0 Å². The number of nitro groups is 1. The van der Waals surface area contributed by atoms with Gasteiger partial charge in [0, 0.05) is 29.7 Å². The number of hydrogen-bond donors (Lipinski definition) is 2. The predicted octanol–water partition coefficient (Wildman–Crippen LogP) is 5.88. The van der Waals surface area contributed by atoms with Crippen LogP contribution in [0.1, 0.15) is 25.5 Å². The van der Waals surface area contributed by atoms with Crippen LogP contribution >= 0.6 is 0 Å². The maximum absolute atomic E-state index is 12.8. The molecule has 1 unspecified atom stereocenters. The number of nitro benzene ring substituents is 1. The number of benzene rings is 3. The summed E-state index contributed by atoms with van der Waals surface area (Å²) in [4.78, 5) is 36.2. The molecule has 1 saturated heterocycles. The number of ether oxygens (including phenoxy) is 1. The van der Waals surface area contributed by atoms with E-state index in [4.69, 9.17) is 4.74 Å². The van der Waals surface area contributed by atoms with Gasteiger partial charge in [-0.25, -0.2) is 19.5 Å². The number of H-pyrrole nitrogens is 1. The molecule has 206 valence electrons. The number of carboxylic acid groups (broad SMARTS) is 1. The molecule has 0 aliphatic carbocycles. The molecule has 1 fully saturated rings. The van der Waals surface area contributed by atoms with Crippen LogP contribution in [0.3, 0.4) is 0 Å². The van der Waals surface area contributed by atoms with Gasteiger partial charge < -0.3 is 9.84 Å². The lowest BCUT2D eigenvalue weighted by atomic mass is 10.0. The monoisotopic (exact) mass is 552 g/mol. The molecule has 5 aromatic rings. The van der Waals surface area contributed by atoms with Gasteiger partial charge in [-0.05, 0) is 67.3 Å². The molecule has 2 aromatic heterocycles. The van der Waals surface area contributed by atoms with Crippen molar-refractivity contribution >= 4 is 34.1 Å². The topological polar surface area (TPSA) is 156 Å². The molecule has 12 nitrogen and oxygen atoms in total. The zero-order chi connectivity index (χ0) is 28.5. The number of amides is 1. The van der Waals surface area contributed by atoms with Crippen molar-refractivity contribution in [3.05, 3.63) is 99.5 Å². The fraction of sp³-hybridized carbons (Fsp3) is 0.172. The van der Waals surface area contributed by atoms with Crippen LogP contribution < -0.4 is 10.5 Å². The fourth-order valence-corrected chi connectivity index (χ4v) is 5.01. The lowest BCUT2D eigenvalue weighted by molar-refractivity contribution is -0.384. The van der Waals surface area contributed by atoms with Crippen molar-refractivity contribution in [2.75, 3.05) is 11.5 Å². The van der Waals surface area contributed by atoms with Crippen molar-refractivity contribution in [1.82, 2.24) is 20.0 Å². The number of nitrogens with one attached hydrogen (secondary N) is 1. The second-order valence-corrected chi connectivity index (χ2v) is 9.62. The van der Waals surface area contributed by atoms with E-state index in [0.717, 1.165) is 35.1 Å². The Hall–Kier alpha value is -5.36. The first kappa shape index (κ1) is 25.9. The van der Waals surface area contributed by atoms with Crippen LogP contribution in [0.5, 0.6) is 0 Å². The van der Waals surface area contributed by atoms with E-state index in [2.05, 4.69) is 15.3 Å². The zero-order valence-electron chi connectivity index (χ0n) is 21.6. The number of non-ortho nitro benzene ring substituents is 1. The molecule has 1 amide bonds. The smallest absolute Gasteiger partial charge is 0.416 e. The van der Waals surface area contributed by atoms with Crippen LogP contribution in [0.4, 0.5) is 21.9 Å². The van der Waals surface area contributed by atoms with E-state index in [-0.39, 0.29) is 23.2 Å². The molecule has 41 heavy (non-hydrogen) atoms. The number of nitrogens with zero attached hydrogens (tertiary/aromatic N) is 5. The van der Waals surface area contributed by atoms with Gasteiger partial charge in [0.15, 0.2) is 6.23 Å². The normalized spacial score (nSPS) is 15.1. The molecule has 3 heterocycles. The highest BCUT2D eigenvalue weighted by Gasteiger charge is 2.20. The van der Waals surface area contributed by atoms with E-state index in [1.807, 2.05) is 22.9 Å².